The van der Waals surface area contributed by atoms with Gasteiger partial charge in [-0.05, 0) is 50.5 Å². The molecule has 1 atom stereocenters. The minimum Gasteiger partial charge on any atom is -0.336 e. The van der Waals surface area contributed by atoms with Gasteiger partial charge in [0.2, 0.25) is 5.82 Å². The number of nitrogens with zero attached hydrogens (tertiary/aromatic N) is 5. The van der Waals surface area contributed by atoms with E-state index in [0.717, 1.165) is 54.0 Å². The van der Waals surface area contributed by atoms with Gasteiger partial charge in [0, 0.05) is 18.0 Å². The highest BCUT2D eigenvalue weighted by Gasteiger charge is 2.27. The molecule has 0 bridgehead atoms. The van der Waals surface area contributed by atoms with Gasteiger partial charge < -0.3 is 4.90 Å². The summed E-state index contributed by atoms with van der Waals surface area (Å²) in [5, 5.41) is 5.64. The van der Waals surface area contributed by atoms with E-state index in [0.29, 0.717) is 11.7 Å². The van der Waals surface area contributed by atoms with Crippen molar-refractivity contribution in [2.45, 2.75) is 46.0 Å². The van der Waals surface area contributed by atoms with Gasteiger partial charge in [0.1, 0.15) is 10.7 Å². The van der Waals surface area contributed by atoms with Gasteiger partial charge in [0.05, 0.1) is 5.39 Å². The van der Waals surface area contributed by atoms with Crippen LogP contribution in [0.15, 0.2) is 0 Å². The number of thiophene rings is 1. The van der Waals surface area contributed by atoms with Gasteiger partial charge in [-0.2, -0.15) is 4.52 Å². The first-order chi connectivity index (χ1) is 12.1. The van der Waals surface area contributed by atoms with Crippen LogP contribution in [0.4, 0.5) is 0 Å². The molecule has 0 aromatic carbocycles. The monoisotopic (exact) mass is 355 g/mol. The highest BCUT2D eigenvalue weighted by Crippen LogP contribution is 2.38. The number of aromatic nitrogens is 4. The predicted molar refractivity (Wildman–Crippen MR) is 97.2 cm³/mol. The van der Waals surface area contributed by atoms with Gasteiger partial charge in [-0.15, -0.1) is 16.4 Å². The second-order valence-corrected chi connectivity index (χ2v) is 8.45. The van der Waals surface area contributed by atoms with Crippen LogP contribution in [0.25, 0.3) is 15.9 Å². The van der Waals surface area contributed by atoms with E-state index in [-0.39, 0.29) is 5.91 Å². The fraction of sp³-hybridized carbons (Fsp3) is 0.556. The number of hydrogen-bond donors (Lipinski definition) is 0. The minimum atomic E-state index is -0.0466. The summed E-state index contributed by atoms with van der Waals surface area (Å²) in [6.07, 6.45) is 5.65. The molecule has 1 aliphatic heterocycles. The number of rotatable bonds is 1. The molecule has 3 aromatic heterocycles. The Morgan fingerprint density at radius 3 is 2.96 bits per heavy atom. The summed E-state index contributed by atoms with van der Waals surface area (Å²) in [6, 6.07) is 0. The van der Waals surface area contributed by atoms with Crippen molar-refractivity contribution in [3.8, 4) is 0 Å². The molecular formula is C18H21N5OS. The Bertz CT molecular complexity index is 1000. The molecule has 25 heavy (non-hydrogen) atoms. The summed E-state index contributed by atoms with van der Waals surface area (Å²) < 4.78 is 1.76. The SMILES string of the molecule is Cc1nc2sc3c(c2c2nc(C(=O)N4CCC[C@@H](C)C4)nn12)CCC3. The molecule has 5 rings (SSSR count). The summed E-state index contributed by atoms with van der Waals surface area (Å²) in [5.74, 6) is 1.60. The molecule has 0 N–H and O–H groups in total. The molecular weight excluding hydrogens is 334 g/mol. The van der Waals surface area contributed by atoms with E-state index in [2.05, 4.69) is 17.0 Å². The normalized spacial score (nSPS) is 20.6. The number of amides is 1. The molecule has 4 heterocycles. The number of fused-ring (bicyclic) bond motifs is 5. The second-order valence-electron chi connectivity index (χ2n) is 7.37. The first-order valence-corrected chi connectivity index (χ1v) is 9.90. The number of likely N-dealkylation sites (tertiary alicyclic amines) is 1. The zero-order valence-corrected chi connectivity index (χ0v) is 15.4. The fourth-order valence-electron chi connectivity index (χ4n) is 4.20. The Kier molecular flexibility index (Phi) is 3.35. The topological polar surface area (TPSA) is 63.4 Å². The highest BCUT2D eigenvalue weighted by atomic mass is 32.1. The molecule has 130 valence electrons. The van der Waals surface area contributed by atoms with Crippen molar-refractivity contribution in [2.24, 2.45) is 5.92 Å². The number of carbonyl (C=O) groups is 1. The van der Waals surface area contributed by atoms with Crippen LogP contribution in [0.3, 0.4) is 0 Å². The average Bonchev–Trinajstić information content (AvgIpc) is 3.27. The Hall–Kier alpha value is -2.02. The van der Waals surface area contributed by atoms with E-state index in [9.17, 15) is 4.79 Å². The number of piperidine rings is 1. The van der Waals surface area contributed by atoms with E-state index in [1.54, 1.807) is 15.9 Å². The second kappa shape index (κ2) is 5.49. The van der Waals surface area contributed by atoms with Crippen LogP contribution in [0.1, 0.15) is 53.1 Å². The van der Waals surface area contributed by atoms with Crippen LogP contribution >= 0.6 is 11.3 Å². The molecule has 7 heteroatoms. The van der Waals surface area contributed by atoms with E-state index >= 15 is 0 Å². The number of hydrogen-bond acceptors (Lipinski definition) is 5. The zero-order chi connectivity index (χ0) is 17.1. The highest BCUT2D eigenvalue weighted by molar-refractivity contribution is 7.19. The van der Waals surface area contributed by atoms with Gasteiger partial charge in [-0.1, -0.05) is 6.92 Å². The van der Waals surface area contributed by atoms with Crippen molar-refractivity contribution in [2.75, 3.05) is 13.1 Å². The van der Waals surface area contributed by atoms with Crippen LogP contribution in [-0.2, 0) is 12.8 Å². The molecule has 0 spiro atoms. The minimum absolute atomic E-state index is 0.0466. The fourth-order valence-corrected chi connectivity index (χ4v) is 5.50. The van der Waals surface area contributed by atoms with E-state index in [1.807, 2.05) is 11.8 Å². The summed E-state index contributed by atoms with van der Waals surface area (Å²) in [7, 11) is 0. The van der Waals surface area contributed by atoms with Gasteiger partial charge in [-0.3, -0.25) is 4.79 Å². The largest absolute Gasteiger partial charge is 0.336 e. The third kappa shape index (κ3) is 2.28. The Morgan fingerprint density at radius 1 is 1.24 bits per heavy atom. The predicted octanol–water partition coefficient (Wildman–Crippen LogP) is 3.01. The van der Waals surface area contributed by atoms with Crippen molar-refractivity contribution in [1.29, 1.82) is 0 Å². The van der Waals surface area contributed by atoms with Crippen molar-refractivity contribution in [1.82, 2.24) is 24.5 Å². The van der Waals surface area contributed by atoms with Gasteiger partial charge >= 0.3 is 0 Å². The lowest BCUT2D eigenvalue weighted by Crippen LogP contribution is -2.39. The van der Waals surface area contributed by atoms with Gasteiger partial charge in [0.25, 0.3) is 5.91 Å². The first kappa shape index (κ1) is 15.3. The third-order valence-electron chi connectivity index (χ3n) is 5.44. The molecule has 0 unspecified atom stereocenters. The lowest BCUT2D eigenvalue weighted by Gasteiger charge is -2.29. The number of aryl methyl sites for hydroxylation is 3. The zero-order valence-electron chi connectivity index (χ0n) is 14.6. The maximum atomic E-state index is 12.9. The van der Waals surface area contributed by atoms with Crippen molar-refractivity contribution in [3.63, 3.8) is 0 Å². The molecule has 3 aromatic rings. The van der Waals surface area contributed by atoms with Crippen LogP contribution in [0, 0.1) is 12.8 Å². The quantitative estimate of drug-likeness (QED) is 0.673. The van der Waals surface area contributed by atoms with Crippen LogP contribution in [0.5, 0.6) is 0 Å². The summed E-state index contributed by atoms with van der Waals surface area (Å²) in [4.78, 5) is 26.7. The van der Waals surface area contributed by atoms with Crippen LogP contribution in [0.2, 0.25) is 0 Å². The first-order valence-electron chi connectivity index (χ1n) is 9.08. The molecule has 1 saturated heterocycles. The molecule has 1 aliphatic carbocycles. The molecule has 1 fully saturated rings. The Balaban J connectivity index is 1.64. The molecule has 1 amide bonds. The third-order valence-corrected chi connectivity index (χ3v) is 6.62. The molecule has 6 nitrogen and oxygen atoms in total. The van der Waals surface area contributed by atoms with Gasteiger partial charge in [0.15, 0.2) is 5.65 Å². The average molecular weight is 355 g/mol. The van der Waals surface area contributed by atoms with Gasteiger partial charge in [-0.25, -0.2) is 9.97 Å². The molecule has 2 aliphatic rings. The summed E-state index contributed by atoms with van der Waals surface area (Å²) in [6.45, 7) is 5.74. The maximum absolute atomic E-state index is 12.9. The summed E-state index contributed by atoms with van der Waals surface area (Å²) >= 11 is 1.77. The smallest absolute Gasteiger partial charge is 0.293 e. The van der Waals surface area contributed by atoms with E-state index in [4.69, 9.17) is 4.98 Å². The lowest BCUT2D eigenvalue weighted by molar-refractivity contribution is 0.0671. The van der Waals surface area contributed by atoms with Crippen molar-refractivity contribution >= 4 is 33.1 Å². The van der Waals surface area contributed by atoms with Crippen molar-refractivity contribution in [3.05, 3.63) is 22.1 Å². The Morgan fingerprint density at radius 2 is 2.12 bits per heavy atom. The lowest BCUT2D eigenvalue weighted by atomic mass is 10.0. The Labute approximate surface area is 149 Å². The molecule has 0 radical (unpaired) electrons. The number of carbonyl (C=O) groups excluding carboxylic acids is 1. The molecule has 0 saturated carbocycles. The van der Waals surface area contributed by atoms with E-state index in [1.165, 1.54) is 23.3 Å². The van der Waals surface area contributed by atoms with Crippen molar-refractivity contribution < 1.29 is 4.79 Å². The maximum Gasteiger partial charge on any atom is 0.293 e. The summed E-state index contributed by atoms with van der Waals surface area (Å²) in [5.41, 5.74) is 2.17. The van der Waals surface area contributed by atoms with E-state index < -0.39 is 0 Å². The standard InChI is InChI=1S/C18H21N5OS/c1-10-5-4-8-22(9-10)18(24)15-20-16-14-12-6-3-7-13(12)25-17(14)19-11(2)23(16)21-15/h10H,3-9H2,1-2H3/t10-/m1/s1. The van der Waals surface area contributed by atoms with Crippen LogP contribution < -0.4 is 0 Å². The van der Waals surface area contributed by atoms with Crippen LogP contribution in [-0.4, -0.2) is 43.5 Å².